The molecule has 0 unspecified atom stereocenters. The summed E-state index contributed by atoms with van der Waals surface area (Å²) >= 11 is 0. The maximum atomic E-state index is 10.5. The van der Waals surface area contributed by atoms with Crippen LogP contribution in [-0.4, -0.2) is 54.4 Å². The lowest BCUT2D eigenvalue weighted by Crippen LogP contribution is -2.38. The molecule has 6 nitrogen and oxygen atoms in total. The molecule has 0 saturated carbocycles. The van der Waals surface area contributed by atoms with E-state index in [4.69, 9.17) is 14.4 Å². The molecule has 3 N–H and O–H groups in total. The van der Waals surface area contributed by atoms with E-state index < -0.39 is 9.05 Å². The average Bonchev–Trinajstić information content (AvgIpc) is 2.35. The summed E-state index contributed by atoms with van der Waals surface area (Å²) in [5.74, 6) is 0.292. The summed E-state index contributed by atoms with van der Waals surface area (Å²) in [6.07, 6.45) is 1.81. The highest BCUT2D eigenvalue weighted by molar-refractivity contribution is 6.48. The van der Waals surface area contributed by atoms with Crippen LogP contribution < -0.4 is 0 Å². The summed E-state index contributed by atoms with van der Waals surface area (Å²) in [5.41, 5.74) is 0. The molecule has 14 heavy (non-hydrogen) atoms. The van der Waals surface area contributed by atoms with E-state index in [-0.39, 0.29) is 6.61 Å². The van der Waals surface area contributed by atoms with E-state index in [1.807, 2.05) is 7.05 Å². The molecular weight excluding hydrogens is 206 g/mol. The number of amides is 1. The Balaban J connectivity index is 0.000000241. The molecule has 1 aliphatic heterocycles. The van der Waals surface area contributed by atoms with E-state index >= 15 is 0 Å². The minimum absolute atomic E-state index is 0.121. The highest BCUT2D eigenvalue weighted by atomic mass is 28.4. The molecule has 1 heterocycles. The third-order valence-electron chi connectivity index (χ3n) is 1.65. The summed E-state index contributed by atoms with van der Waals surface area (Å²) in [4.78, 5) is 36.4. The first-order chi connectivity index (χ1) is 6.37. The summed E-state index contributed by atoms with van der Waals surface area (Å²) in [6, 6.07) is 0. The predicted octanol–water partition coefficient (Wildman–Crippen LogP) is -1.33. The highest BCUT2D eigenvalue weighted by Crippen LogP contribution is 2.04. The van der Waals surface area contributed by atoms with Crippen LogP contribution in [0.25, 0.3) is 0 Å². The number of hydrogen-bond acceptors (Lipinski definition) is 5. The first kappa shape index (κ1) is 13.5. The van der Waals surface area contributed by atoms with Crippen LogP contribution in [0, 0.1) is 0 Å². The minimum atomic E-state index is -4.16. The van der Waals surface area contributed by atoms with Gasteiger partial charge >= 0.3 is 9.05 Å². The van der Waals surface area contributed by atoms with Gasteiger partial charge in [-0.25, -0.2) is 0 Å². The van der Waals surface area contributed by atoms with E-state index in [2.05, 4.69) is 4.43 Å². The van der Waals surface area contributed by atoms with Gasteiger partial charge in [-0.1, -0.05) is 0 Å². The normalized spacial score (nSPS) is 16.6. The number of carbonyl (C=O) groups is 1. The highest BCUT2D eigenvalue weighted by Gasteiger charge is 2.29. The fourth-order valence-corrected chi connectivity index (χ4v) is 1.36. The van der Waals surface area contributed by atoms with E-state index in [1.54, 1.807) is 11.8 Å². The van der Waals surface area contributed by atoms with Gasteiger partial charge in [0.1, 0.15) is 0 Å². The van der Waals surface area contributed by atoms with Crippen LogP contribution in [0.15, 0.2) is 0 Å². The number of rotatable bonds is 2. The standard InChI is InChI=1S/C5H9NO.C2H8O4Si/c1-6-4-2-3-5(6)7;1-2-6-7(3,4)5/h2-4H2,1H3;3-5H,2H2,1H3. The lowest BCUT2D eigenvalue weighted by Gasteiger charge is -2.05. The van der Waals surface area contributed by atoms with Gasteiger partial charge in [-0.05, 0) is 13.3 Å². The molecule has 1 fully saturated rings. The zero-order chi connectivity index (χ0) is 11.2. The van der Waals surface area contributed by atoms with Crippen molar-refractivity contribution in [2.24, 2.45) is 0 Å². The van der Waals surface area contributed by atoms with Crippen LogP contribution in [0.3, 0.4) is 0 Å². The molecule has 0 atom stereocenters. The summed E-state index contributed by atoms with van der Waals surface area (Å²) < 4.78 is 4.03. The molecule has 0 bridgehead atoms. The van der Waals surface area contributed by atoms with Gasteiger partial charge in [0.05, 0.1) is 0 Å². The topological polar surface area (TPSA) is 90.2 Å². The smallest absolute Gasteiger partial charge is 0.368 e. The molecule has 1 amide bonds. The van der Waals surface area contributed by atoms with Crippen molar-refractivity contribution in [1.29, 1.82) is 0 Å². The SMILES string of the molecule is CCO[Si](O)(O)O.CN1CCCC1=O. The average molecular weight is 223 g/mol. The summed E-state index contributed by atoms with van der Waals surface area (Å²) in [5, 5.41) is 0. The Bertz CT molecular complexity index is 181. The Morgan fingerprint density at radius 2 is 2.07 bits per heavy atom. The molecule has 0 aromatic carbocycles. The van der Waals surface area contributed by atoms with Crippen molar-refractivity contribution < 1.29 is 23.6 Å². The van der Waals surface area contributed by atoms with Gasteiger partial charge in [-0.2, -0.15) is 0 Å². The van der Waals surface area contributed by atoms with Crippen molar-refractivity contribution in [2.75, 3.05) is 20.2 Å². The molecule has 0 radical (unpaired) electrons. The fraction of sp³-hybridized carbons (Fsp3) is 0.857. The lowest BCUT2D eigenvalue weighted by molar-refractivity contribution is -0.126. The van der Waals surface area contributed by atoms with E-state index in [1.165, 1.54) is 0 Å². The molecule has 0 aromatic heterocycles. The van der Waals surface area contributed by atoms with Crippen molar-refractivity contribution in [3.8, 4) is 0 Å². The Labute approximate surface area is 84.2 Å². The van der Waals surface area contributed by atoms with Gasteiger partial charge in [0, 0.05) is 26.6 Å². The molecule has 1 aliphatic rings. The second-order valence-corrected chi connectivity index (χ2v) is 4.36. The third-order valence-corrected chi connectivity index (χ3v) is 2.32. The van der Waals surface area contributed by atoms with Crippen LogP contribution in [0.4, 0.5) is 0 Å². The van der Waals surface area contributed by atoms with Crippen molar-refractivity contribution in [1.82, 2.24) is 4.90 Å². The minimum Gasteiger partial charge on any atom is -0.368 e. The van der Waals surface area contributed by atoms with Crippen molar-refractivity contribution in [2.45, 2.75) is 19.8 Å². The van der Waals surface area contributed by atoms with Crippen LogP contribution in [0.1, 0.15) is 19.8 Å². The van der Waals surface area contributed by atoms with Crippen LogP contribution in [-0.2, 0) is 9.22 Å². The Morgan fingerprint density at radius 3 is 2.14 bits per heavy atom. The molecule has 1 rings (SSSR count). The van der Waals surface area contributed by atoms with Gasteiger partial charge in [0.2, 0.25) is 5.91 Å². The molecule has 84 valence electrons. The van der Waals surface area contributed by atoms with Gasteiger partial charge in [-0.3, -0.25) is 4.79 Å². The van der Waals surface area contributed by atoms with E-state index in [0.29, 0.717) is 5.91 Å². The quantitative estimate of drug-likeness (QED) is 0.505. The Morgan fingerprint density at radius 1 is 1.50 bits per heavy atom. The largest absolute Gasteiger partial charge is 0.671 e. The second kappa shape index (κ2) is 6.09. The molecule has 0 spiro atoms. The molecule has 1 saturated heterocycles. The molecule has 0 aliphatic carbocycles. The summed E-state index contributed by atoms with van der Waals surface area (Å²) in [6.45, 7) is 2.64. The first-order valence-corrected chi connectivity index (χ1v) is 6.17. The maximum absolute atomic E-state index is 10.5. The van der Waals surface area contributed by atoms with Crippen LogP contribution >= 0.6 is 0 Å². The van der Waals surface area contributed by atoms with Gasteiger partial charge in [-0.15, -0.1) is 0 Å². The molecule has 7 heteroatoms. The monoisotopic (exact) mass is 223 g/mol. The van der Waals surface area contributed by atoms with Gasteiger partial charge in [0.15, 0.2) is 0 Å². The third kappa shape index (κ3) is 6.98. The zero-order valence-corrected chi connectivity index (χ0v) is 9.43. The number of carbonyl (C=O) groups excluding carboxylic acids is 1. The fourth-order valence-electron chi connectivity index (χ4n) is 0.977. The number of likely N-dealkylation sites (tertiary alicyclic amines) is 1. The Hall–Kier alpha value is -0.473. The maximum Gasteiger partial charge on any atom is 0.671 e. The van der Waals surface area contributed by atoms with Crippen molar-refractivity contribution in [3.05, 3.63) is 0 Å². The number of hydrogen-bond donors (Lipinski definition) is 3. The Kier molecular flexibility index (Phi) is 5.89. The lowest BCUT2D eigenvalue weighted by atomic mass is 10.4. The molecule has 0 aromatic rings. The van der Waals surface area contributed by atoms with Crippen molar-refractivity contribution >= 4 is 15.0 Å². The predicted molar refractivity (Wildman–Crippen MR) is 50.9 cm³/mol. The van der Waals surface area contributed by atoms with Gasteiger partial charge < -0.3 is 23.7 Å². The van der Waals surface area contributed by atoms with E-state index in [0.717, 1.165) is 19.4 Å². The zero-order valence-electron chi connectivity index (χ0n) is 8.43. The first-order valence-electron chi connectivity index (χ1n) is 4.42. The van der Waals surface area contributed by atoms with Gasteiger partial charge in [0.25, 0.3) is 0 Å². The summed E-state index contributed by atoms with van der Waals surface area (Å²) in [7, 11) is -2.31. The van der Waals surface area contributed by atoms with Crippen LogP contribution in [0.5, 0.6) is 0 Å². The van der Waals surface area contributed by atoms with Crippen LogP contribution in [0.2, 0.25) is 0 Å². The number of nitrogens with zero attached hydrogens (tertiary/aromatic N) is 1. The molecular formula is C7H17NO5Si. The van der Waals surface area contributed by atoms with Crippen molar-refractivity contribution in [3.63, 3.8) is 0 Å². The second-order valence-electron chi connectivity index (χ2n) is 2.93. The van der Waals surface area contributed by atoms with E-state index in [9.17, 15) is 4.79 Å².